The van der Waals surface area contributed by atoms with Gasteiger partial charge in [-0.25, -0.2) is 0 Å². The van der Waals surface area contributed by atoms with Crippen molar-refractivity contribution in [2.45, 2.75) is 25.0 Å². The molecule has 0 bridgehead atoms. The molecule has 0 spiro atoms. The lowest BCUT2D eigenvalue weighted by molar-refractivity contribution is -0.384. The van der Waals surface area contributed by atoms with Gasteiger partial charge in [-0.3, -0.25) is 14.9 Å². The van der Waals surface area contributed by atoms with Crippen LogP contribution in [-0.4, -0.2) is 21.8 Å². The van der Waals surface area contributed by atoms with Crippen LogP contribution in [-0.2, 0) is 0 Å². The zero-order valence-electron chi connectivity index (χ0n) is 12.6. The minimum absolute atomic E-state index is 0.0433. The summed E-state index contributed by atoms with van der Waals surface area (Å²) in [6.45, 7) is 0. The Morgan fingerprint density at radius 1 is 1.21 bits per heavy atom. The SMILES string of the molecule is O=C1c2ccccc2N[C@@H](c2cc([N+](=O)[O-])ccc2Cl)N1C1CC1. The van der Waals surface area contributed by atoms with Crippen LogP contribution >= 0.6 is 11.6 Å². The van der Waals surface area contributed by atoms with Crippen molar-refractivity contribution in [3.63, 3.8) is 0 Å². The topological polar surface area (TPSA) is 75.5 Å². The summed E-state index contributed by atoms with van der Waals surface area (Å²) < 4.78 is 0. The maximum Gasteiger partial charge on any atom is 0.269 e. The summed E-state index contributed by atoms with van der Waals surface area (Å²) in [5.41, 5.74) is 1.83. The van der Waals surface area contributed by atoms with Gasteiger partial charge in [0.05, 0.1) is 10.5 Å². The van der Waals surface area contributed by atoms with Crippen molar-refractivity contribution >= 4 is 28.9 Å². The monoisotopic (exact) mass is 343 g/mol. The zero-order chi connectivity index (χ0) is 16.8. The Bertz CT molecular complexity index is 851. The quantitative estimate of drug-likeness (QED) is 0.675. The smallest absolute Gasteiger partial charge is 0.269 e. The maximum absolute atomic E-state index is 12.9. The molecule has 1 heterocycles. The molecule has 7 heteroatoms. The standard InChI is InChI=1S/C17H14ClN3O3/c18-14-8-7-11(21(23)24)9-13(14)16-19-15-4-2-1-3-12(15)17(22)20(16)10-5-6-10/h1-4,7-10,16,19H,5-6H2/t16-/m1/s1. The summed E-state index contributed by atoms with van der Waals surface area (Å²) >= 11 is 6.30. The van der Waals surface area contributed by atoms with E-state index in [0.717, 1.165) is 12.8 Å². The van der Waals surface area contributed by atoms with Gasteiger partial charge in [0, 0.05) is 34.4 Å². The highest BCUT2D eigenvalue weighted by atomic mass is 35.5. The van der Waals surface area contributed by atoms with Crippen LogP contribution in [0.4, 0.5) is 11.4 Å². The van der Waals surface area contributed by atoms with Gasteiger partial charge in [0.1, 0.15) is 6.17 Å². The van der Waals surface area contributed by atoms with E-state index in [0.29, 0.717) is 21.8 Å². The van der Waals surface area contributed by atoms with Crippen LogP contribution in [0.15, 0.2) is 42.5 Å². The van der Waals surface area contributed by atoms with E-state index in [9.17, 15) is 14.9 Å². The molecule has 2 aromatic rings. The third-order valence-corrected chi connectivity index (χ3v) is 4.73. The third-order valence-electron chi connectivity index (χ3n) is 4.39. The molecule has 2 aromatic carbocycles. The van der Waals surface area contributed by atoms with Gasteiger partial charge in [-0.05, 0) is 31.0 Å². The Balaban J connectivity index is 1.83. The lowest BCUT2D eigenvalue weighted by Crippen LogP contribution is -2.44. The van der Waals surface area contributed by atoms with Gasteiger partial charge in [0.25, 0.3) is 11.6 Å². The third kappa shape index (κ3) is 2.39. The molecule has 0 unspecified atom stereocenters. The molecule has 122 valence electrons. The first kappa shape index (κ1) is 15.0. The molecule has 1 saturated carbocycles. The average molecular weight is 344 g/mol. The molecule has 1 N–H and O–H groups in total. The van der Waals surface area contributed by atoms with Crippen LogP contribution < -0.4 is 5.32 Å². The number of benzene rings is 2. The Labute approximate surface area is 143 Å². The first-order chi connectivity index (χ1) is 11.6. The average Bonchev–Trinajstić information content (AvgIpc) is 3.39. The number of halogens is 1. The highest BCUT2D eigenvalue weighted by Crippen LogP contribution is 2.42. The summed E-state index contributed by atoms with van der Waals surface area (Å²) in [6.07, 6.45) is 1.35. The van der Waals surface area contributed by atoms with Crippen molar-refractivity contribution in [1.82, 2.24) is 4.90 Å². The molecule has 0 radical (unpaired) electrons. The van der Waals surface area contributed by atoms with Crippen molar-refractivity contribution in [1.29, 1.82) is 0 Å². The highest BCUT2D eigenvalue weighted by Gasteiger charge is 2.42. The molecule has 6 nitrogen and oxygen atoms in total. The minimum Gasteiger partial charge on any atom is -0.361 e. The second-order valence-corrected chi connectivity index (χ2v) is 6.41. The van der Waals surface area contributed by atoms with Crippen molar-refractivity contribution in [3.8, 4) is 0 Å². The van der Waals surface area contributed by atoms with E-state index < -0.39 is 11.1 Å². The summed E-state index contributed by atoms with van der Waals surface area (Å²) in [6, 6.07) is 11.7. The number of non-ortho nitro benzene ring substituents is 1. The molecule has 1 atom stereocenters. The van der Waals surface area contributed by atoms with Crippen molar-refractivity contribution in [2.24, 2.45) is 0 Å². The molecule has 4 rings (SSSR count). The molecule has 1 amide bonds. The molecule has 2 aliphatic rings. The Hall–Kier alpha value is -2.60. The van der Waals surface area contributed by atoms with Gasteiger partial charge >= 0.3 is 0 Å². The number of amides is 1. The van der Waals surface area contributed by atoms with E-state index in [2.05, 4.69) is 5.32 Å². The minimum atomic E-state index is -0.507. The fourth-order valence-corrected chi connectivity index (χ4v) is 3.30. The Kier molecular flexibility index (Phi) is 3.42. The van der Waals surface area contributed by atoms with Crippen molar-refractivity contribution < 1.29 is 9.72 Å². The fraction of sp³-hybridized carbons (Fsp3) is 0.235. The van der Waals surface area contributed by atoms with E-state index in [1.165, 1.54) is 18.2 Å². The number of hydrogen-bond acceptors (Lipinski definition) is 4. The number of fused-ring (bicyclic) bond motifs is 1. The Morgan fingerprint density at radius 2 is 1.96 bits per heavy atom. The number of rotatable bonds is 3. The molecular formula is C17H14ClN3O3. The van der Waals surface area contributed by atoms with Gasteiger partial charge in [0.15, 0.2) is 0 Å². The molecular weight excluding hydrogens is 330 g/mol. The number of nitrogens with zero attached hydrogens (tertiary/aromatic N) is 2. The molecule has 1 aliphatic heterocycles. The predicted molar refractivity (Wildman–Crippen MR) is 90.1 cm³/mol. The largest absolute Gasteiger partial charge is 0.361 e. The highest BCUT2D eigenvalue weighted by molar-refractivity contribution is 6.31. The molecule has 0 saturated heterocycles. The van der Waals surface area contributed by atoms with Gasteiger partial charge in [0.2, 0.25) is 0 Å². The number of carbonyl (C=O) groups excluding carboxylic acids is 1. The fourth-order valence-electron chi connectivity index (χ4n) is 3.08. The molecule has 24 heavy (non-hydrogen) atoms. The predicted octanol–water partition coefficient (Wildman–Crippen LogP) is 3.98. The van der Waals surface area contributed by atoms with Crippen LogP contribution in [0.5, 0.6) is 0 Å². The number of para-hydroxylation sites is 1. The number of nitro benzene ring substituents is 1. The van der Waals surface area contributed by atoms with Gasteiger partial charge in [-0.1, -0.05) is 23.7 Å². The lowest BCUT2D eigenvalue weighted by atomic mass is 10.0. The van der Waals surface area contributed by atoms with Crippen LogP contribution in [0, 0.1) is 10.1 Å². The maximum atomic E-state index is 12.9. The summed E-state index contributed by atoms with van der Waals surface area (Å²) in [5.74, 6) is -0.0700. The van der Waals surface area contributed by atoms with E-state index in [1.54, 1.807) is 11.0 Å². The Morgan fingerprint density at radius 3 is 2.67 bits per heavy atom. The summed E-state index contributed by atoms with van der Waals surface area (Å²) in [4.78, 5) is 25.3. The van der Waals surface area contributed by atoms with E-state index in [1.807, 2.05) is 18.2 Å². The molecule has 0 aromatic heterocycles. The van der Waals surface area contributed by atoms with Gasteiger partial charge in [-0.15, -0.1) is 0 Å². The first-order valence-corrected chi connectivity index (χ1v) is 8.06. The second kappa shape index (κ2) is 5.49. The first-order valence-electron chi connectivity index (χ1n) is 7.68. The number of nitrogens with one attached hydrogen (secondary N) is 1. The normalized spacial score (nSPS) is 19.6. The summed E-state index contributed by atoms with van der Waals surface area (Å²) in [7, 11) is 0. The number of hydrogen-bond donors (Lipinski definition) is 1. The van der Waals surface area contributed by atoms with Crippen LogP contribution in [0.3, 0.4) is 0 Å². The van der Waals surface area contributed by atoms with Gasteiger partial charge < -0.3 is 10.2 Å². The van der Waals surface area contributed by atoms with E-state index >= 15 is 0 Å². The van der Waals surface area contributed by atoms with Crippen LogP contribution in [0.2, 0.25) is 5.02 Å². The van der Waals surface area contributed by atoms with Gasteiger partial charge in [-0.2, -0.15) is 0 Å². The number of carbonyl (C=O) groups is 1. The van der Waals surface area contributed by atoms with Crippen molar-refractivity contribution in [2.75, 3.05) is 5.32 Å². The number of anilines is 1. The summed E-state index contributed by atoms with van der Waals surface area (Å²) in [5, 5.41) is 14.8. The van der Waals surface area contributed by atoms with E-state index in [-0.39, 0.29) is 17.6 Å². The molecule has 1 aliphatic carbocycles. The lowest BCUT2D eigenvalue weighted by Gasteiger charge is -2.38. The zero-order valence-corrected chi connectivity index (χ0v) is 13.4. The second-order valence-electron chi connectivity index (χ2n) is 6.00. The van der Waals surface area contributed by atoms with Crippen LogP contribution in [0.25, 0.3) is 0 Å². The van der Waals surface area contributed by atoms with Crippen LogP contribution in [0.1, 0.15) is 34.9 Å². The van der Waals surface area contributed by atoms with Crippen molar-refractivity contribution in [3.05, 3.63) is 68.7 Å². The number of nitro groups is 1. The van der Waals surface area contributed by atoms with E-state index in [4.69, 9.17) is 11.6 Å². The molecule has 1 fully saturated rings.